The maximum Gasteiger partial charge on any atom is 0.276 e. The Morgan fingerprint density at radius 1 is 1.18 bits per heavy atom. The number of nitrogens with one attached hydrogen (secondary N) is 3. The fourth-order valence-electron chi connectivity index (χ4n) is 3.50. The highest BCUT2D eigenvalue weighted by atomic mass is 19.1. The molecule has 0 fully saturated rings. The summed E-state index contributed by atoms with van der Waals surface area (Å²) in [5.74, 6) is 0.296. The van der Waals surface area contributed by atoms with Crippen LogP contribution in [0, 0.1) is 5.82 Å². The van der Waals surface area contributed by atoms with E-state index in [1.165, 1.54) is 24.3 Å². The standard InChI is InChI=1S/C20H17FN6O/c21-13-2-4-14(5-3-13)24-20(28)19-15-9-12(1-6-16(15)25-26-19)17-10-23-18-11-22-7-8-27(17)18/h1-6,9-10,22H,7-8,11H2,(H,24,28)(H,25,26). The zero-order valence-corrected chi connectivity index (χ0v) is 14.9. The third kappa shape index (κ3) is 2.84. The van der Waals surface area contributed by atoms with Crippen molar-refractivity contribution < 1.29 is 9.18 Å². The summed E-state index contributed by atoms with van der Waals surface area (Å²) in [6, 6.07) is 11.5. The molecule has 8 heteroatoms. The number of hydrogen-bond donors (Lipinski definition) is 3. The van der Waals surface area contributed by atoms with Gasteiger partial charge >= 0.3 is 0 Å². The fourth-order valence-corrected chi connectivity index (χ4v) is 3.50. The molecule has 3 heterocycles. The van der Waals surface area contributed by atoms with Gasteiger partial charge in [-0.2, -0.15) is 5.10 Å². The first-order valence-electron chi connectivity index (χ1n) is 8.99. The normalized spacial score (nSPS) is 13.5. The average molecular weight is 376 g/mol. The van der Waals surface area contributed by atoms with Crippen LogP contribution in [-0.4, -0.2) is 32.2 Å². The lowest BCUT2D eigenvalue weighted by Crippen LogP contribution is -2.28. The Kier molecular flexibility index (Phi) is 3.91. The molecule has 0 atom stereocenters. The van der Waals surface area contributed by atoms with Crippen LogP contribution < -0.4 is 10.6 Å². The van der Waals surface area contributed by atoms with Gasteiger partial charge in [0.15, 0.2) is 5.69 Å². The first-order valence-corrected chi connectivity index (χ1v) is 8.99. The number of benzene rings is 2. The molecule has 0 unspecified atom stereocenters. The highest BCUT2D eigenvalue weighted by Crippen LogP contribution is 2.27. The van der Waals surface area contributed by atoms with Crippen LogP contribution in [0.5, 0.6) is 0 Å². The van der Waals surface area contributed by atoms with E-state index >= 15 is 0 Å². The van der Waals surface area contributed by atoms with E-state index < -0.39 is 0 Å². The number of carbonyl (C=O) groups is 1. The molecular formula is C20H17FN6O. The molecule has 2 aromatic carbocycles. The molecule has 2 aromatic heterocycles. The van der Waals surface area contributed by atoms with Gasteiger partial charge in [0.05, 0.1) is 24.0 Å². The van der Waals surface area contributed by atoms with Gasteiger partial charge in [-0.05, 0) is 36.4 Å². The van der Waals surface area contributed by atoms with Crippen molar-refractivity contribution in [3.8, 4) is 11.3 Å². The first-order chi connectivity index (χ1) is 13.7. The summed E-state index contributed by atoms with van der Waals surface area (Å²) in [5, 5.41) is 13.9. The van der Waals surface area contributed by atoms with E-state index in [4.69, 9.17) is 0 Å². The number of H-pyrrole nitrogens is 1. The molecule has 3 N–H and O–H groups in total. The highest BCUT2D eigenvalue weighted by molar-refractivity contribution is 6.11. The monoisotopic (exact) mass is 376 g/mol. The minimum atomic E-state index is -0.354. The van der Waals surface area contributed by atoms with Gasteiger partial charge in [0, 0.05) is 29.7 Å². The van der Waals surface area contributed by atoms with E-state index in [0.717, 1.165) is 47.6 Å². The minimum absolute atomic E-state index is 0.293. The first kappa shape index (κ1) is 16.6. The lowest BCUT2D eigenvalue weighted by Gasteiger charge is -2.17. The molecule has 0 radical (unpaired) electrons. The Morgan fingerprint density at radius 2 is 2.04 bits per heavy atom. The molecule has 0 spiro atoms. The van der Waals surface area contributed by atoms with E-state index in [9.17, 15) is 9.18 Å². The van der Waals surface area contributed by atoms with Crippen molar-refractivity contribution in [3.05, 3.63) is 66.0 Å². The van der Waals surface area contributed by atoms with Crippen molar-refractivity contribution in [2.75, 3.05) is 11.9 Å². The number of imidazole rings is 1. The Labute approximate surface area is 159 Å². The number of rotatable bonds is 3. The summed E-state index contributed by atoms with van der Waals surface area (Å²) < 4.78 is 15.3. The van der Waals surface area contributed by atoms with Gasteiger partial charge < -0.3 is 15.2 Å². The predicted octanol–water partition coefficient (Wildman–Crippen LogP) is 2.92. The summed E-state index contributed by atoms with van der Waals surface area (Å²) in [6.45, 7) is 2.50. The number of fused-ring (bicyclic) bond motifs is 2. The van der Waals surface area contributed by atoms with Crippen molar-refractivity contribution in [2.24, 2.45) is 0 Å². The zero-order chi connectivity index (χ0) is 19.1. The smallest absolute Gasteiger partial charge is 0.276 e. The Balaban J connectivity index is 1.51. The van der Waals surface area contributed by atoms with Crippen LogP contribution in [0.2, 0.25) is 0 Å². The summed E-state index contributed by atoms with van der Waals surface area (Å²) in [5.41, 5.74) is 3.57. The number of carbonyl (C=O) groups excluding carboxylic acids is 1. The summed E-state index contributed by atoms with van der Waals surface area (Å²) in [4.78, 5) is 17.2. The SMILES string of the molecule is O=C(Nc1ccc(F)cc1)c1n[nH]c2ccc(-c3cnc4n3CCNC4)cc12. The van der Waals surface area contributed by atoms with Gasteiger partial charge in [-0.1, -0.05) is 6.07 Å². The molecule has 1 aliphatic rings. The number of aromatic nitrogens is 4. The van der Waals surface area contributed by atoms with Crippen molar-refractivity contribution in [1.29, 1.82) is 0 Å². The van der Waals surface area contributed by atoms with Crippen LogP contribution in [0.25, 0.3) is 22.2 Å². The molecule has 1 amide bonds. The van der Waals surface area contributed by atoms with Crippen LogP contribution in [0.1, 0.15) is 16.3 Å². The zero-order valence-electron chi connectivity index (χ0n) is 14.9. The summed E-state index contributed by atoms with van der Waals surface area (Å²) in [7, 11) is 0. The fraction of sp³-hybridized carbons (Fsp3) is 0.150. The van der Waals surface area contributed by atoms with Gasteiger partial charge in [0.2, 0.25) is 0 Å². The maximum absolute atomic E-state index is 13.1. The number of anilines is 1. The molecule has 28 heavy (non-hydrogen) atoms. The molecule has 7 nitrogen and oxygen atoms in total. The third-order valence-corrected chi connectivity index (χ3v) is 4.91. The minimum Gasteiger partial charge on any atom is -0.326 e. The van der Waals surface area contributed by atoms with Gasteiger partial charge in [-0.15, -0.1) is 0 Å². The summed E-state index contributed by atoms with van der Waals surface area (Å²) in [6.07, 6.45) is 1.86. The van der Waals surface area contributed by atoms with Crippen molar-refractivity contribution in [3.63, 3.8) is 0 Å². The van der Waals surface area contributed by atoms with E-state index in [-0.39, 0.29) is 11.7 Å². The largest absolute Gasteiger partial charge is 0.326 e. The molecule has 140 valence electrons. The Morgan fingerprint density at radius 3 is 2.89 bits per heavy atom. The molecule has 0 aliphatic carbocycles. The van der Waals surface area contributed by atoms with E-state index in [1.807, 2.05) is 24.4 Å². The molecule has 4 aromatic rings. The lowest BCUT2D eigenvalue weighted by molar-refractivity contribution is 0.102. The number of amides is 1. The third-order valence-electron chi connectivity index (χ3n) is 4.91. The number of halogens is 1. The van der Waals surface area contributed by atoms with Crippen molar-refractivity contribution in [1.82, 2.24) is 25.1 Å². The van der Waals surface area contributed by atoms with Crippen molar-refractivity contribution in [2.45, 2.75) is 13.1 Å². The van der Waals surface area contributed by atoms with Crippen LogP contribution >= 0.6 is 0 Å². The van der Waals surface area contributed by atoms with Crippen LogP contribution in [0.3, 0.4) is 0 Å². The van der Waals surface area contributed by atoms with E-state index in [2.05, 4.69) is 30.4 Å². The van der Waals surface area contributed by atoms with Gasteiger partial charge in [-0.25, -0.2) is 9.37 Å². The second-order valence-corrected chi connectivity index (χ2v) is 6.68. The van der Waals surface area contributed by atoms with Gasteiger partial charge in [-0.3, -0.25) is 9.89 Å². The molecule has 5 rings (SSSR count). The second-order valence-electron chi connectivity index (χ2n) is 6.68. The van der Waals surface area contributed by atoms with Gasteiger partial charge in [0.25, 0.3) is 5.91 Å². The molecule has 1 aliphatic heterocycles. The summed E-state index contributed by atoms with van der Waals surface area (Å²) >= 11 is 0. The number of aromatic amines is 1. The topological polar surface area (TPSA) is 87.6 Å². The van der Waals surface area contributed by atoms with Crippen LogP contribution in [0.4, 0.5) is 10.1 Å². The van der Waals surface area contributed by atoms with Crippen LogP contribution in [0.15, 0.2) is 48.7 Å². The molecule has 0 saturated heterocycles. The van der Waals surface area contributed by atoms with E-state index in [0.29, 0.717) is 11.4 Å². The highest BCUT2D eigenvalue weighted by Gasteiger charge is 2.18. The number of hydrogen-bond acceptors (Lipinski definition) is 4. The van der Waals surface area contributed by atoms with Crippen molar-refractivity contribution >= 4 is 22.5 Å². The maximum atomic E-state index is 13.1. The Hall–Kier alpha value is -3.52. The molecular weight excluding hydrogens is 359 g/mol. The average Bonchev–Trinajstić information content (AvgIpc) is 3.33. The predicted molar refractivity (Wildman–Crippen MR) is 103 cm³/mol. The Bertz CT molecular complexity index is 1180. The number of nitrogens with zero attached hydrogens (tertiary/aromatic N) is 3. The molecule has 0 bridgehead atoms. The second kappa shape index (κ2) is 6.58. The van der Waals surface area contributed by atoms with Gasteiger partial charge in [0.1, 0.15) is 11.6 Å². The van der Waals surface area contributed by atoms with Crippen LogP contribution in [-0.2, 0) is 13.1 Å². The quantitative estimate of drug-likeness (QED) is 0.513. The van der Waals surface area contributed by atoms with E-state index in [1.54, 1.807) is 0 Å². The molecule has 0 saturated carbocycles. The lowest BCUT2D eigenvalue weighted by atomic mass is 10.1.